The van der Waals surface area contributed by atoms with Crippen LogP contribution in [0.4, 0.5) is 10.8 Å². The first-order chi connectivity index (χ1) is 15.2. The van der Waals surface area contributed by atoms with E-state index in [4.69, 9.17) is 19.2 Å². The average molecular weight is 441 g/mol. The number of carbonyl (C=O) groups excluding carboxylic acids is 1. The Bertz CT molecular complexity index is 965. The van der Waals surface area contributed by atoms with Gasteiger partial charge in [-0.25, -0.2) is 4.98 Å². The molecule has 0 spiro atoms. The van der Waals surface area contributed by atoms with Crippen LogP contribution in [0.2, 0.25) is 0 Å². The molecule has 1 fully saturated rings. The fourth-order valence-electron chi connectivity index (χ4n) is 3.59. The Balaban J connectivity index is 1.58. The topological polar surface area (TPSA) is 60.9 Å². The number of fused-ring (bicyclic) bond motifs is 1. The summed E-state index contributed by atoms with van der Waals surface area (Å²) >= 11 is 1.49. The van der Waals surface area contributed by atoms with Gasteiger partial charge in [0.15, 0.2) is 5.13 Å². The van der Waals surface area contributed by atoms with Gasteiger partial charge in [0.25, 0.3) is 5.91 Å². The van der Waals surface area contributed by atoms with Crippen LogP contribution in [0.5, 0.6) is 5.75 Å². The molecule has 1 amide bonds. The minimum atomic E-state index is -0.621. The van der Waals surface area contributed by atoms with Gasteiger partial charge in [0.2, 0.25) is 0 Å². The second-order valence-corrected chi connectivity index (χ2v) is 8.54. The number of ether oxygens (including phenoxy) is 3. The lowest BCUT2D eigenvalue weighted by Crippen LogP contribution is -2.38. The van der Waals surface area contributed by atoms with Crippen LogP contribution in [0.15, 0.2) is 48.5 Å². The first kappa shape index (κ1) is 21.7. The normalized spacial score (nSPS) is 17.4. The van der Waals surface area contributed by atoms with Crippen LogP contribution in [0.1, 0.15) is 33.1 Å². The van der Waals surface area contributed by atoms with Gasteiger partial charge in [-0.1, -0.05) is 23.5 Å². The number of thiazole rings is 1. The molecule has 1 aromatic heterocycles. The van der Waals surface area contributed by atoms with Crippen molar-refractivity contribution in [2.24, 2.45) is 0 Å². The number of aromatic nitrogens is 1. The van der Waals surface area contributed by atoms with Crippen molar-refractivity contribution in [3.05, 3.63) is 48.5 Å². The van der Waals surface area contributed by atoms with Crippen LogP contribution < -0.4 is 9.64 Å². The van der Waals surface area contributed by atoms with Gasteiger partial charge >= 0.3 is 0 Å². The van der Waals surface area contributed by atoms with E-state index in [1.807, 2.05) is 55.5 Å². The third-order valence-electron chi connectivity index (χ3n) is 5.25. The lowest BCUT2D eigenvalue weighted by Gasteiger charge is -2.26. The lowest BCUT2D eigenvalue weighted by atomic mass is 10.1. The maximum Gasteiger partial charge on any atom is 0.262 e. The molecule has 2 unspecified atom stereocenters. The molecule has 0 radical (unpaired) electrons. The second kappa shape index (κ2) is 10.2. The van der Waals surface area contributed by atoms with E-state index in [-0.39, 0.29) is 12.0 Å². The van der Waals surface area contributed by atoms with E-state index in [0.29, 0.717) is 18.3 Å². The second-order valence-electron chi connectivity index (χ2n) is 7.53. The predicted octanol–water partition coefficient (Wildman–Crippen LogP) is 5.33. The van der Waals surface area contributed by atoms with E-state index in [1.165, 1.54) is 11.3 Å². The average Bonchev–Trinajstić information content (AvgIpc) is 3.23. The Labute approximate surface area is 186 Å². The van der Waals surface area contributed by atoms with Crippen LogP contribution in [-0.2, 0) is 14.3 Å². The van der Waals surface area contributed by atoms with Gasteiger partial charge in [-0.3, -0.25) is 9.69 Å². The highest BCUT2D eigenvalue weighted by molar-refractivity contribution is 7.22. The van der Waals surface area contributed by atoms with Crippen LogP contribution in [0.3, 0.4) is 0 Å². The molecule has 31 heavy (non-hydrogen) atoms. The lowest BCUT2D eigenvalue weighted by molar-refractivity contribution is -0.132. The molecule has 2 atom stereocenters. The summed E-state index contributed by atoms with van der Waals surface area (Å²) in [7, 11) is 0. The third kappa shape index (κ3) is 5.23. The summed E-state index contributed by atoms with van der Waals surface area (Å²) in [5.74, 6) is 0.612. The summed E-state index contributed by atoms with van der Waals surface area (Å²) in [5.41, 5.74) is 1.60. The molecule has 2 heterocycles. The van der Waals surface area contributed by atoms with Crippen molar-refractivity contribution in [2.45, 2.75) is 45.3 Å². The number of amides is 1. The molecule has 0 bridgehead atoms. The Morgan fingerprint density at radius 1 is 1.23 bits per heavy atom. The quantitative estimate of drug-likeness (QED) is 0.474. The monoisotopic (exact) mass is 440 g/mol. The number of nitrogens with zero attached hydrogens (tertiary/aromatic N) is 2. The molecule has 7 heteroatoms. The van der Waals surface area contributed by atoms with Gasteiger partial charge in [0.05, 0.1) is 35.2 Å². The molecule has 164 valence electrons. The summed E-state index contributed by atoms with van der Waals surface area (Å²) in [6.45, 7) is 5.51. The van der Waals surface area contributed by atoms with Crippen LogP contribution in [0.25, 0.3) is 10.2 Å². The summed E-state index contributed by atoms with van der Waals surface area (Å²) in [6.07, 6.45) is 2.64. The summed E-state index contributed by atoms with van der Waals surface area (Å²) < 4.78 is 18.3. The fourth-order valence-corrected chi connectivity index (χ4v) is 4.58. The first-order valence-corrected chi connectivity index (χ1v) is 11.6. The minimum absolute atomic E-state index is 0.0605. The molecular formula is C24H28N2O4S. The number of benzene rings is 2. The molecule has 0 aliphatic carbocycles. The van der Waals surface area contributed by atoms with Crippen LogP contribution in [-0.4, -0.2) is 42.9 Å². The molecule has 1 saturated heterocycles. The molecule has 0 N–H and O–H groups in total. The predicted molar refractivity (Wildman–Crippen MR) is 123 cm³/mol. The van der Waals surface area contributed by atoms with E-state index < -0.39 is 6.10 Å². The fraction of sp³-hybridized carbons (Fsp3) is 0.417. The highest BCUT2D eigenvalue weighted by Crippen LogP contribution is 2.35. The van der Waals surface area contributed by atoms with Crippen molar-refractivity contribution in [3.63, 3.8) is 0 Å². The van der Waals surface area contributed by atoms with E-state index in [0.717, 1.165) is 47.5 Å². The van der Waals surface area contributed by atoms with E-state index in [9.17, 15) is 4.79 Å². The molecule has 0 saturated carbocycles. The van der Waals surface area contributed by atoms with E-state index in [1.54, 1.807) is 11.8 Å². The van der Waals surface area contributed by atoms with Crippen molar-refractivity contribution in [3.8, 4) is 5.75 Å². The summed E-state index contributed by atoms with van der Waals surface area (Å²) in [6, 6.07) is 15.4. The van der Waals surface area contributed by atoms with E-state index >= 15 is 0 Å². The smallest absolute Gasteiger partial charge is 0.262 e. The van der Waals surface area contributed by atoms with E-state index in [2.05, 4.69) is 0 Å². The van der Waals surface area contributed by atoms with Gasteiger partial charge < -0.3 is 14.2 Å². The molecule has 2 aromatic carbocycles. The van der Waals surface area contributed by atoms with Crippen LogP contribution >= 0.6 is 11.3 Å². The zero-order valence-electron chi connectivity index (χ0n) is 18.0. The van der Waals surface area contributed by atoms with Crippen molar-refractivity contribution in [1.82, 2.24) is 4.98 Å². The Morgan fingerprint density at radius 2 is 2.03 bits per heavy atom. The number of rotatable bonds is 8. The van der Waals surface area contributed by atoms with Gasteiger partial charge in [0, 0.05) is 6.61 Å². The summed E-state index contributed by atoms with van der Waals surface area (Å²) in [4.78, 5) is 19.9. The number of carbonyl (C=O) groups is 1. The minimum Gasteiger partial charge on any atom is -0.494 e. The van der Waals surface area contributed by atoms with Gasteiger partial charge in [0.1, 0.15) is 11.9 Å². The highest BCUT2D eigenvalue weighted by atomic mass is 32.1. The number of para-hydroxylation sites is 1. The molecule has 3 aromatic rings. The maximum atomic E-state index is 13.5. The zero-order valence-corrected chi connectivity index (χ0v) is 18.8. The number of anilines is 2. The Hall–Kier alpha value is -2.48. The molecule has 4 rings (SSSR count). The maximum absolute atomic E-state index is 13.5. The van der Waals surface area contributed by atoms with Gasteiger partial charge in [-0.05, 0) is 69.5 Å². The van der Waals surface area contributed by atoms with Crippen molar-refractivity contribution < 1.29 is 19.0 Å². The summed E-state index contributed by atoms with van der Waals surface area (Å²) in [5, 5.41) is 0.625. The molecular weight excluding hydrogens is 412 g/mol. The number of hydrogen-bond acceptors (Lipinski definition) is 6. The largest absolute Gasteiger partial charge is 0.494 e. The standard InChI is InChI=1S/C24H28N2O4S/c1-3-28-19-13-11-18(12-14-19)26(24-25-21-9-4-5-10-22(21)31-24)23(27)17(2)30-16-20-8-6-7-15-29-20/h4-5,9-14,17,20H,3,6-8,15-16H2,1-2H3. The number of hydrogen-bond donors (Lipinski definition) is 0. The van der Waals surface area contributed by atoms with Crippen molar-refractivity contribution in [1.29, 1.82) is 0 Å². The van der Waals surface area contributed by atoms with Gasteiger partial charge in [-0.15, -0.1) is 0 Å². The third-order valence-corrected chi connectivity index (χ3v) is 6.28. The van der Waals surface area contributed by atoms with Crippen molar-refractivity contribution in [2.75, 3.05) is 24.7 Å². The Kier molecular flexibility index (Phi) is 7.17. The molecule has 1 aliphatic rings. The zero-order chi connectivity index (χ0) is 21.6. The van der Waals surface area contributed by atoms with Crippen molar-refractivity contribution >= 4 is 38.3 Å². The SMILES string of the molecule is CCOc1ccc(N(C(=O)C(C)OCC2CCCCO2)c2nc3ccccc3s2)cc1. The highest BCUT2D eigenvalue weighted by Gasteiger charge is 2.28. The molecule has 6 nitrogen and oxygen atoms in total. The first-order valence-electron chi connectivity index (χ1n) is 10.8. The van der Waals surface area contributed by atoms with Gasteiger partial charge in [-0.2, -0.15) is 0 Å². The van der Waals surface area contributed by atoms with Crippen LogP contribution in [0, 0.1) is 0 Å². The molecule has 1 aliphatic heterocycles. The Morgan fingerprint density at radius 3 is 2.74 bits per heavy atom.